The molecule has 0 aliphatic carbocycles. The lowest BCUT2D eigenvalue weighted by atomic mass is 10.2. The van der Waals surface area contributed by atoms with E-state index in [1.54, 1.807) is 10.8 Å². The van der Waals surface area contributed by atoms with Gasteiger partial charge in [-0.3, -0.25) is 9.59 Å². The van der Waals surface area contributed by atoms with E-state index in [-0.39, 0.29) is 12.2 Å². The van der Waals surface area contributed by atoms with Crippen LogP contribution in [-0.4, -0.2) is 28.4 Å². The van der Waals surface area contributed by atoms with Gasteiger partial charge in [-0.25, -0.2) is 4.98 Å². The molecular formula is C9H12N2O3. The van der Waals surface area contributed by atoms with Crippen LogP contribution in [0.4, 0.5) is 0 Å². The summed E-state index contributed by atoms with van der Waals surface area (Å²) in [7, 11) is 1.25. The van der Waals surface area contributed by atoms with Gasteiger partial charge >= 0.3 is 5.97 Å². The summed E-state index contributed by atoms with van der Waals surface area (Å²) in [5.41, 5.74) is 0. The molecule has 0 fully saturated rings. The number of Topliss-reactive ketones (excluding diaryl/α,β-unsaturated/α-hetero) is 1. The highest BCUT2D eigenvalue weighted by Gasteiger charge is 2.16. The number of ketones is 1. The molecule has 76 valence electrons. The fourth-order valence-electron chi connectivity index (χ4n) is 1.10. The van der Waals surface area contributed by atoms with Gasteiger partial charge in [0.2, 0.25) is 5.78 Å². The van der Waals surface area contributed by atoms with Gasteiger partial charge in [0.15, 0.2) is 5.82 Å². The third kappa shape index (κ3) is 2.18. The number of imidazole rings is 1. The molecule has 1 aromatic heterocycles. The molecule has 0 aliphatic rings. The number of carbonyl (C=O) groups is 2. The topological polar surface area (TPSA) is 61.2 Å². The highest BCUT2D eigenvalue weighted by Crippen LogP contribution is 2.02. The number of carbonyl (C=O) groups excluding carboxylic acids is 2. The molecule has 0 radical (unpaired) electrons. The second kappa shape index (κ2) is 4.55. The van der Waals surface area contributed by atoms with Crippen LogP contribution in [0, 0.1) is 0 Å². The van der Waals surface area contributed by atoms with Crippen molar-refractivity contribution in [2.45, 2.75) is 19.9 Å². The standard InChI is InChI=1S/C9H12N2O3/c1-3-11-5-4-10-9(11)7(12)6-8(13)14-2/h4-5H,3,6H2,1-2H3. The maximum absolute atomic E-state index is 11.5. The summed E-state index contributed by atoms with van der Waals surface area (Å²) in [6.07, 6.45) is 2.98. The number of esters is 1. The summed E-state index contributed by atoms with van der Waals surface area (Å²) in [5, 5.41) is 0. The van der Waals surface area contributed by atoms with Gasteiger partial charge < -0.3 is 9.30 Å². The molecule has 5 nitrogen and oxygen atoms in total. The minimum Gasteiger partial charge on any atom is -0.469 e. The van der Waals surface area contributed by atoms with E-state index in [0.717, 1.165) is 0 Å². The summed E-state index contributed by atoms with van der Waals surface area (Å²) < 4.78 is 6.08. The van der Waals surface area contributed by atoms with Crippen LogP contribution in [-0.2, 0) is 16.1 Å². The summed E-state index contributed by atoms with van der Waals surface area (Å²) >= 11 is 0. The van der Waals surface area contributed by atoms with Gasteiger partial charge in [0, 0.05) is 18.9 Å². The van der Waals surface area contributed by atoms with E-state index in [0.29, 0.717) is 12.4 Å². The van der Waals surface area contributed by atoms with E-state index in [1.165, 1.54) is 13.3 Å². The first-order valence-electron chi connectivity index (χ1n) is 4.30. The van der Waals surface area contributed by atoms with Crippen LogP contribution >= 0.6 is 0 Å². The van der Waals surface area contributed by atoms with Crippen molar-refractivity contribution in [1.82, 2.24) is 9.55 Å². The second-order valence-corrected chi connectivity index (χ2v) is 2.71. The van der Waals surface area contributed by atoms with Crippen molar-refractivity contribution >= 4 is 11.8 Å². The molecule has 0 amide bonds. The number of hydrogen-bond donors (Lipinski definition) is 0. The number of aryl methyl sites for hydroxylation is 1. The molecule has 0 saturated heterocycles. The number of hydrogen-bond acceptors (Lipinski definition) is 4. The maximum atomic E-state index is 11.5. The van der Waals surface area contributed by atoms with Crippen molar-refractivity contribution in [1.29, 1.82) is 0 Å². The van der Waals surface area contributed by atoms with Crippen LogP contribution in [0.2, 0.25) is 0 Å². The lowest BCUT2D eigenvalue weighted by Crippen LogP contribution is -2.14. The first-order chi connectivity index (χ1) is 6.69. The van der Waals surface area contributed by atoms with Gasteiger partial charge in [0.25, 0.3) is 0 Å². The monoisotopic (exact) mass is 196 g/mol. The predicted octanol–water partition coefficient (Wildman–Crippen LogP) is 0.649. The zero-order valence-corrected chi connectivity index (χ0v) is 8.19. The molecule has 0 aromatic carbocycles. The minimum atomic E-state index is -0.541. The molecule has 1 heterocycles. The van der Waals surface area contributed by atoms with Crippen LogP contribution in [0.25, 0.3) is 0 Å². The zero-order valence-electron chi connectivity index (χ0n) is 8.19. The molecule has 0 saturated carbocycles. The maximum Gasteiger partial charge on any atom is 0.313 e. The Hall–Kier alpha value is -1.65. The molecule has 5 heteroatoms. The summed E-state index contributed by atoms with van der Waals surface area (Å²) in [6, 6.07) is 0. The average Bonchev–Trinajstić information content (AvgIpc) is 2.65. The Labute approximate surface area is 81.7 Å². The van der Waals surface area contributed by atoms with Crippen LogP contribution < -0.4 is 0 Å². The van der Waals surface area contributed by atoms with Crippen molar-refractivity contribution < 1.29 is 14.3 Å². The Morgan fingerprint density at radius 1 is 1.57 bits per heavy atom. The lowest BCUT2D eigenvalue weighted by Gasteiger charge is -2.02. The fraction of sp³-hybridized carbons (Fsp3) is 0.444. The van der Waals surface area contributed by atoms with Crippen molar-refractivity contribution in [3.8, 4) is 0 Å². The molecular weight excluding hydrogens is 184 g/mol. The Balaban J connectivity index is 2.74. The number of aromatic nitrogens is 2. The number of ether oxygens (including phenoxy) is 1. The number of methoxy groups -OCH3 is 1. The van der Waals surface area contributed by atoms with Crippen LogP contribution in [0.3, 0.4) is 0 Å². The summed E-state index contributed by atoms with van der Waals surface area (Å²) in [4.78, 5) is 26.2. The van der Waals surface area contributed by atoms with Crippen LogP contribution in [0.5, 0.6) is 0 Å². The SMILES string of the molecule is CCn1ccnc1C(=O)CC(=O)OC. The van der Waals surface area contributed by atoms with E-state index >= 15 is 0 Å². The molecule has 14 heavy (non-hydrogen) atoms. The van der Waals surface area contributed by atoms with E-state index in [9.17, 15) is 9.59 Å². The van der Waals surface area contributed by atoms with Crippen LogP contribution in [0.1, 0.15) is 24.0 Å². The molecule has 0 aliphatic heterocycles. The highest BCUT2D eigenvalue weighted by molar-refractivity contribution is 6.03. The molecule has 0 spiro atoms. The Morgan fingerprint density at radius 3 is 2.86 bits per heavy atom. The quantitative estimate of drug-likeness (QED) is 0.403. The summed E-state index contributed by atoms with van der Waals surface area (Å²) in [5.74, 6) is -0.553. The highest BCUT2D eigenvalue weighted by atomic mass is 16.5. The zero-order chi connectivity index (χ0) is 10.6. The van der Waals surface area contributed by atoms with E-state index in [1.807, 2.05) is 6.92 Å². The number of nitrogens with zero attached hydrogens (tertiary/aromatic N) is 2. The van der Waals surface area contributed by atoms with Gasteiger partial charge in [-0.1, -0.05) is 0 Å². The van der Waals surface area contributed by atoms with Gasteiger partial charge in [0.1, 0.15) is 6.42 Å². The van der Waals surface area contributed by atoms with Crippen molar-refractivity contribution in [2.24, 2.45) is 0 Å². The Kier molecular flexibility index (Phi) is 3.39. The average molecular weight is 196 g/mol. The second-order valence-electron chi connectivity index (χ2n) is 2.71. The molecule has 0 bridgehead atoms. The van der Waals surface area contributed by atoms with E-state index in [4.69, 9.17) is 0 Å². The normalized spacial score (nSPS) is 9.86. The third-order valence-electron chi connectivity index (χ3n) is 1.84. The van der Waals surface area contributed by atoms with Gasteiger partial charge in [-0.2, -0.15) is 0 Å². The Morgan fingerprint density at radius 2 is 2.29 bits per heavy atom. The molecule has 0 unspecified atom stereocenters. The lowest BCUT2D eigenvalue weighted by molar-refractivity contribution is -0.139. The fourth-order valence-corrected chi connectivity index (χ4v) is 1.10. The Bertz CT molecular complexity index is 344. The molecule has 1 rings (SSSR count). The van der Waals surface area contributed by atoms with Gasteiger partial charge in [0.05, 0.1) is 7.11 Å². The van der Waals surface area contributed by atoms with Crippen molar-refractivity contribution in [3.63, 3.8) is 0 Å². The van der Waals surface area contributed by atoms with Crippen molar-refractivity contribution in [2.75, 3.05) is 7.11 Å². The summed E-state index contributed by atoms with van der Waals surface area (Å²) in [6.45, 7) is 2.55. The van der Waals surface area contributed by atoms with Crippen molar-refractivity contribution in [3.05, 3.63) is 18.2 Å². The van der Waals surface area contributed by atoms with Gasteiger partial charge in [-0.05, 0) is 6.92 Å². The van der Waals surface area contributed by atoms with E-state index < -0.39 is 5.97 Å². The third-order valence-corrected chi connectivity index (χ3v) is 1.84. The molecule has 0 N–H and O–H groups in total. The molecule has 1 aromatic rings. The first kappa shape index (κ1) is 10.4. The number of rotatable bonds is 4. The van der Waals surface area contributed by atoms with Gasteiger partial charge in [-0.15, -0.1) is 0 Å². The van der Waals surface area contributed by atoms with E-state index in [2.05, 4.69) is 9.72 Å². The van der Waals surface area contributed by atoms with Crippen LogP contribution in [0.15, 0.2) is 12.4 Å². The first-order valence-corrected chi connectivity index (χ1v) is 4.30. The minimum absolute atomic E-state index is 0.256. The molecule has 0 atom stereocenters. The smallest absolute Gasteiger partial charge is 0.313 e. The predicted molar refractivity (Wildman–Crippen MR) is 48.9 cm³/mol. The largest absolute Gasteiger partial charge is 0.469 e.